The summed E-state index contributed by atoms with van der Waals surface area (Å²) in [7, 11) is 0. The van der Waals surface area contributed by atoms with Crippen molar-refractivity contribution in [2.75, 3.05) is 6.61 Å². The quantitative estimate of drug-likeness (QED) is 0.593. The molecule has 2 aromatic carbocycles. The molecule has 4 rings (SSSR count). The molecular formula is C20H15ClF3NO3. The fourth-order valence-electron chi connectivity index (χ4n) is 3.70. The minimum Gasteiger partial charge on any atom is -0.422 e. The van der Waals surface area contributed by atoms with Crippen molar-refractivity contribution in [1.29, 1.82) is 0 Å². The zero-order chi connectivity index (χ0) is 20.1. The van der Waals surface area contributed by atoms with Gasteiger partial charge in [-0.1, -0.05) is 41.9 Å². The van der Waals surface area contributed by atoms with Crippen molar-refractivity contribution in [3.8, 4) is 0 Å². The zero-order valence-corrected chi connectivity index (χ0v) is 15.4. The molecule has 0 fully saturated rings. The molecule has 4 nitrogen and oxygen atoms in total. The van der Waals surface area contributed by atoms with Crippen LogP contribution in [-0.2, 0) is 32.7 Å². The standard InChI is InChI=1S/C20H15ClF3NO3/c1-11(26)28-19(12-5-3-2-4-6-12)18-13(9-10-27-19)16-14(20(22,23)24)7-8-15(21)17(16)25-18/h2-8,25H,9-10H2,1H3. The molecule has 1 aromatic heterocycles. The van der Waals surface area contributed by atoms with E-state index < -0.39 is 23.5 Å². The first-order chi connectivity index (χ1) is 13.2. The van der Waals surface area contributed by atoms with E-state index in [1.807, 2.05) is 0 Å². The van der Waals surface area contributed by atoms with E-state index in [-0.39, 0.29) is 34.6 Å². The van der Waals surface area contributed by atoms with Crippen LogP contribution >= 0.6 is 11.6 Å². The summed E-state index contributed by atoms with van der Waals surface area (Å²) in [4.78, 5) is 14.8. The van der Waals surface area contributed by atoms with Gasteiger partial charge < -0.3 is 14.5 Å². The Morgan fingerprint density at radius 1 is 1.21 bits per heavy atom. The number of esters is 1. The number of fused-ring (bicyclic) bond motifs is 3. The average molecular weight is 410 g/mol. The molecule has 8 heteroatoms. The van der Waals surface area contributed by atoms with Crippen molar-refractivity contribution in [2.24, 2.45) is 0 Å². The average Bonchev–Trinajstić information content (AvgIpc) is 3.03. The molecule has 0 spiro atoms. The van der Waals surface area contributed by atoms with E-state index in [0.29, 0.717) is 11.1 Å². The van der Waals surface area contributed by atoms with Crippen molar-refractivity contribution in [2.45, 2.75) is 25.3 Å². The number of ether oxygens (including phenoxy) is 2. The van der Waals surface area contributed by atoms with Crippen molar-refractivity contribution in [1.82, 2.24) is 4.98 Å². The molecule has 1 unspecified atom stereocenters. The minimum atomic E-state index is -4.56. The number of hydrogen-bond acceptors (Lipinski definition) is 3. The first kappa shape index (κ1) is 18.8. The molecule has 3 aromatic rings. The Balaban J connectivity index is 2.08. The number of H-pyrrole nitrogens is 1. The number of nitrogens with one attached hydrogen (secondary N) is 1. The number of rotatable bonds is 2. The van der Waals surface area contributed by atoms with E-state index >= 15 is 0 Å². The fourth-order valence-corrected chi connectivity index (χ4v) is 3.91. The first-order valence-corrected chi connectivity index (χ1v) is 8.91. The molecule has 1 aliphatic heterocycles. The third-order valence-electron chi connectivity index (χ3n) is 4.74. The van der Waals surface area contributed by atoms with Gasteiger partial charge in [0, 0.05) is 17.9 Å². The Morgan fingerprint density at radius 3 is 2.57 bits per heavy atom. The van der Waals surface area contributed by atoms with E-state index in [2.05, 4.69) is 4.98 Å². The first-order valence-electron chi connectivity index (χ1n) is 8.54. The second kappa shape index (κ2) is 6.53. The van der Waals surface area contributed by atoms with Gasteiger partial charge in [-0.25, -0.2) is 0 Å². The summed E-state index contributed by atoms with van der Waals surface area (Å²) in [6, 6.07) is 10.8. The van der Waals surface area contributed by atoms with Gasteiger partial charge in [-0.15, -0.1) is 0 Å². The van der Waals surface area contributed by atoms with Gasteiger partial charge in [0.15, 0.2) is 0 Å². The number of benzene rings is 2. The summed E-state index contributed by atoms with van der Waals surface area (Å²) in [5.74, 6) is -2.30. The highest BCUT2D eigenvalue weighted by atomic mass is 35.5. The van der Waals surface area contributed by atoms with Gasteiger partial charge in [-0.05, 0) is 24.1 Å². The minimum absolute atomic E-state index is 0.0224. The van der Waals surface area contributed by atoms with Gasteiger partial charge in [0.05, 0.1) is 28.4 Å². The van der Waals surface area contributed by atoms with Crippen LogP contribution in [0.4, 0.5) is 13.2 Å². The maximum Gasteiger partial charge on any atom is 0.417 e. The molecule has 28 heavy (non-hydrogen) atoms. The maximum absolute atomic E-state index is 13.6. The number of hydrogen-bond donors (Lipinski definition) is 1. The molecule has 0 aliphatic carbocycles. The van der Waals surface area contributed by atoms with Crippen molar-refractivity contribution >= 4 is 28.5 Å². The number of alkyl halides is 3. The highest BCUT2D eigenvalue weighted by molar-refractivity contribution is 6.35. The zero-order valence-electron chi connectivity index (χ0n) is 14.7. The Bertz CT molecular complexity index is 1060. The van der Waals surface area contributed by atoms with Gasteiger partial charge in [-0.2, -0.15) is 13.2 Å². The van der Waals surface area contributed by atoms with E-state index in [9.17, 15) is 18.0 Å². The predicted octanol–water partition coefficient (Wildman–Crippen LogP) is 5.18. The van der Waals surface area contributed by atoms with Crippen molar-refractivity contribution in [3.05, 3.63) is 69.9 Å². The van der Waals surface area contributed by atoms with Crippen LogP contribution in [0.25, 0.3) is 10.9 Å². The second-order valence-electron chi connectivity index (χ2n) is 6.50. The molecule has 0 radical (unpaired) electrons. The van der Waals surface area contributed by atoms with Crippen LogP contribution in [0, 0.1) is 0 Å². The van der Waals surface area contributed by atoms with Crippen LogP contribution in [0.2, 0.25) is 5.02 Å². The summed E-state index contributed by atoms with van der Waals surface area (Å²) >= 11 is 6.20. The highest BCUT2D eigenvalue weighted by Gasteiger charge is 2.47. The van der Waals surface area contributed by atoms with E-state index in [1.165, 1.54) is 13.0 Å². The lowest BCUT2D eigenvalue weighted by atomic mass is 9.93. The molecule has 1 atom stereocenters. The molecular weight excluding hydrogens is 395 g/mol. The van der Waals surface area contributed by atoms with Crippen molar-refractivity contribution in [3.63, 3.8) is 0 Å². The van der Waals surface area contributed by atoms with Gasteiger partial charge in [0.25, 0.3) is 5.79 Å². The molecule has 0 saturated carbocycles. The Labute approximate surface area is 163 Å². The summed E-state index contributed by atoms with van der Waals surface area (Å²) in [5.41, 5.74) is 0.452. The lowest BCUT2D eigenvalue weighted by Gasteiger charge is -2.36. The molecule has 1 aliphatic rings. The summed E-state index contributed by atoms with van der Waals surface area (Å²) in [6.07, 6.45) is -4.34. The van der Waals surface area contributed by atoms with Gasteiger partial charge in [0.2, 0.25) is 0 Å². The van der Waals surface area contributed by atoms with Crippen LogP contribution < -0.4 is 0 Å². The van der Waals surface area contributed by atoms with Crippen LogP contribution in [0.1, 0.15) is 29.3 Å². The number of carbonyl (C=O) groups is 1. The normalized spacial score (nSPS) is 19.5. The smallest absolute Gasteiger partial charge is 0.417 e. The lowest BCUT2D eigenvalue weighted by molar-refractivity contribution is -0.222. The molecule has 0 saturated heterocycles. The van der Waals surface area contributed by atoms with Crippen LogP contribution in [0.5, 0.6) is 0 Å². The monoisotopic (exact) mass is 409 g/mol. The van der Waals surface area contributed by atoms with Gasteiger partial charge >= 0.3 is 12.1 Å². The fraction of sp³-hybridized carbons (Fsp3) is 0.250. The number of aromatic amines is 1. The summed E-state index contributed by atoms with van der Waals surface area (Å²) < 4.78 is 52.4. The SMILES string of the molecule is CC(=O)OC1(c2ccccc2)OCCc2c1[nH]c1c(Cl)ccc(C(F)(F)F)c21. The molecule has 0 amide bonds. The van der Waals surface area contributed by atoms with Gasteiger partial charge in [-0.3, -0.25) is 4.79 Å². The van der Waals surface area contributed by atoms with Crippen LogP contribution in [0.3, 0.4) is 0 Å². The summed E-state index contributed by atoms with van der Waals surface area (Å²) in [6.45, 7) is 1.30. The largest absolute Gasteiger partial charge is 0.422 e. The van der Waals surface area contributed by atoms with E-state index in [1.54, 1.807) is 30.3 Å². The Kier molecular flexibility index (Phi) is 4.39. The molecule has 0 bridgehead atoms. The Morgan fingerprint density at radius 2 is 1.93 bits per heavy atom. The highest BCUT2D eigenvalue weighted by Crippen LogP contribution is 2.47. The molecule has 1 N–H and O–H groups in total. The van der Waals surface area contributed by atoms with Gasteiger partial charge in [0.1, 0.15) is 0 Å². The van der Waals surface area contributed by atoms with E-state index in [0.717, 1.165) is 6.07 Å². The summed E-state index contributed by atoms with van der Waals surface area (Å²) in [5, 5.41) is 0.118. The predicted molar refractivity (Wildman–Crippen MR) is 97.0 cm³/mol. The number of aromatic nitrogens is 1. The van der Waals surface area contributed by atoms with E-state index in [4.69, 9.17) is 21.1 Å². The number of halogens is 4. The second-order valence-corrected chi connectivity index (χ2v) is 6.90. The topological polar surface area (TPSA) is 51.3 Å². The third-order valence-corrected chi connectivity index (χ3v) is 5.06. The maximum atomic E-state index is 13.6. The number of carbonyl (C=O) groups excluding carboxylic acids is 1. The van der Waals surface area contributed by atoms with Crippen molar-refractivity contribution < 1.29 is 27.4 Å². The van der Waals surface area contributed by atoms with Crippen LogP contribution in [-0.4, -0.2) is 17.6 Å². The third kappa shape index (κ3) is 2.86. The lowest BCUT2D eigenvalue weighted by Crippen LogP contribution is -2.40. The molecule has 146 valence electrons. The molecule has 2 heterocycles. The Hall–Kier alpha value is -2.51. The van der Waals surface area contributed by atoms with Crippen LogP contribution in [0.15, 0.2) is 42.5 Å².